The minimum absolute atomic E-state index is 0.0575. The highest BCUT2D eigenvalue weighted by atomic mass is 16.5. The van der Waals surface area contributed by atoms with Crippen LogP contribution < -0.4 is 0 Å². The molecule has 6 heteroatoms. The summed E-state index contributed by atoms with van der Waals surface area (Å²) in [5, 5.41) is 4.60. The zero-order chi connectivity index (χ0) is 19.6. The van der Waals surface area contributed by atoms with E-state index in [4.69, 9.17) is 4.74 Å². The summed E-state index contributed by atoms with van der Waals surface area (Å²) in [4.78, 5) is 27.0. The standard InChI is InChI=1S/C21H27N3O3/c1-5-27-21(26)17-9-7-11-23(13-17)20(25)19-15(3)22-24(16(19)4)18-10-6-8-14(2)12-18/h6,8,10,12,17H,5,7,9,11,13H2,1-4H3/t17-/m1/s1. The Morgan fingerprint density at radius 1 is 1.26 bits per heavy atom. The van der Waals surface area contributed by atoms with Crippen LogP contribution in [0.4, 0.5) is 0 Å². The molecule has 1 aliphatic rings. The SMILES string of the molecule is CCOC(=O)[C@@H]1CCCN(C(=O)c2c(C)nn(-c3cccc(C)c3)c2C)C1. The fraction of sp³-hybridized carbons (Fsp3) is 0.476. The predicted octanol–water partition coefficient (Wildman–Crippen LogP) is 3.21. The first-order valence-electron chi connectivity index (χ1n) is 9.51. The molecule has 0 unspecified atom stereocenters. The molecule has 2 aromatic rings. The molecule has 0 saturated carbocycles. The third-order valence-corrected chi connectivity index (χ3v) is 5.08. The number of piperidine rings is 1. The summed E-state index contributed by atoms with van der Waals surface area (Å²) in [6.45, 7) is 9.04. The molecule has 1 atom stereocenters. The first kappa shape index (κ1) is 19.1. The van der Waals surface area contributed by atoms with Crippen LogP contribution in [0.2, 0.25) is 0 Å². The Balaban J connectivity index is 1.86. The summed E-state index contributed by atoms with van der Waals surface area (Å²) in [6.07, 6.45) is 1.57. The number of likely N-dealkylation sites (tertiary alicyclic amines) is 1. The van der Waals surface area contributed by atoms with Crippen molar-refractivity contribution in [3.05, 3.63) is 46.8 Å². The molecular weight excluding hydrogens is 342 g/mol. The monoisotopic (exact) mass is 369 g/mol. The molecule has 1 amide bonds. The number of aromatic nitrogens is 2. The number of esters is 1. The van der Waals surface area contributed by atoms with Crippen LogP contribution in [0.3, 0.4) is 0 Å². The normalized spacial score (nSPS) is 17.0. The lowest BCUT2D eigenvalue weighted by Crippen LogP contribution is -2.43. The zero-order valence-corrected chi connectivity index (χ0v) is 16.5. The molecule has 1 saturated heterocycles. The maximum Gasteiger partial charge on any atom is 0.310 e. The number of carbonyl (C=O) groups excluding carboxylic acids is 2. The van der Waals surface area contributed by atoms with Crippen molar-refractivity contribution >= 4 is 11.9 Å². The van der Waals surface area contributed by atoms with Gasteiger partial charge in [-0.25, -0.2) is 4.68 Å². The Bertz CT molecular complexity index is 856. The van der Waals surface area contributed by atoms with Crippen LogP contribution >= 0.6 is 0 Å². The summed E-state index contributed by atoms with van der Waals surface area (Å²) in [7, 11) is 0. The van der Waals surface area contributed by atoms with Gasteiger partial charge in [0.25, 0.3) is 5.91 Å². The molecule has 0 aliphatic carbocycles. The highest BCUT2D eigenvalue weighted by Crippen LogP contribution is 2.24. The van der Waals surface area contributed by atoms with Gasteiger partial charge in [0.1, 0.15) is 0 Å². The number of ether oxygens (including phenoxy) is 1. The smallest absolute Gasteiger partial charge is 0.310 e. The van der Waals surface area contributed by atoms with Crippen molar-refractivity contribution in [2.75, 3.05) is 19.7 Å². The molecule has 2 heterocycles. The number of nitrogens with zero attached hydrogens (tertiary/aromatic N) is 3. The maximum atomic E-state index is 13.2. The largest absolute Gasteiger partial charge is 0.466 e. The summed E-state index contributed by atoms with van der Waals surface area (Å²) in [6, 6.07) is 8.05. The lowest BCUT2D eigenvalue weighted by Gasteiger charge is -2.31. The molecule has 0 radical (unpaired) electrons. The van der Waals surface area contributed by atoms with Crippen LogP contribution in [0.25, 0.3) is 5.69 Å². The number of carbonyl (C=O) groups is 2. The Hall–Kier alpha value is -2.63. The van der Waals surface area contributed by atoms with Crippen LogP contribution in [-0.4, -0.2) is 46.3 Å². The first-order valence-corrected chi connectivity index (χ1v) is 9.51. The molecule has 1 fully saturated rings. The number of rotatable bonds is 4. The Kier molecular flexibility index (Phi) is 5.63. The first-order chi connectivity index (χ1) is 12.9. The quantitative estimate of drug-likeness (QED) is 0.776. The molecule has 1 aliphatic heterocycles. The van der Waals surface area contributed by atoms with Gasteiger partial charge in [-0.2, -0.15) is 5.10 Å². The third kappa shape index (κ3) is 3.89. The summed E-state index contributed by atoms with van der Waals surface area (Å²) in [5.74, 6) is -0.508. The van der Waals surface area contributed by atoms with Crippen molar-refractivity contribution in [1.82, 2.24) is 14.7 Å². The highest BCUT2D eigenvalue weighted by molar-refractivity contribution is 5.97. The van der Waals surface area contributed by atoms with Gasteiger partial charge < -0.3 is 9.64 Å². The van der Waals surface area contributed by atoms with E-state index in [2.05, 4.69) is 5.10 Å². The van der Waals surface area contributed by atoms with E-state index in [1.54, 1.807) is 11.8 Å². The van der Waals surface area contributed by atoms with E-state index in [-0.39, 0.29) is 17.8 Å². The van der Waals surface area contributed by atoms with E-state index < -0.39 is 0 Å². The molecule has 144 valence electrons. The zero-order valence-electron chi connectivity index (χ0n) is 16.5. The van der Waals surface area contributed by atoms with Gasteiger partial charge in [0.05, 0.1) is 35.2 Å². The molecule has 1 aromatic heterocycles. The number of amides is 1. The number of hydrogen-bond acceptors (Lipinski definition) is 4. The summed E-state index contributed by atoms with van der Waals surface area (Å²) in [5.41, 5.74) is 4.23. The van der Waals surface area contributed by atoms with Crippen LogP contribution in [0.1, 0.15) is 47.1 Å². The molecule has 6 nitrogen and oxygen atoms in total. The van der Waals surface area contributed by atoms with Crippen LogP contribution in [-0.2, 0) is 9.53 Å². The van der Waals surface area contributed by atoms with Crippen molar-refractivity contribution in [3.8, 4) is 5.69 Å². The average Bonchev–Trinajstić information content (AvgIpc) is 2.96. The average molecular weight is 369 g/mol. The van der Waals surface area contributed by atoms with Gasteiger partial charge in [-0.3, -0.25) is 9.59 Å². The van der Waals surface area contributed by atoms with Crippen molar-refractivity contribution < 1.29 is 14.3 Å². The fourth-order valence-electron chi connectivity index (χ4n) is 3.74. The lowest BCUT2D eigenvalue weighted by atomic mass is 9.97. The second kappa shape index (κ2) is 7.94. The molecule has 1 aromatic carbocycles. The Morgan fingerprint density at radius 3 is 2.74 bits per heavy atom. The lowest BCUT2D eigenvalue weighted by molar-refractivity contribution is -0.149. The Labute approximate surface area is 160 Å². The van der Waals surface area contributed by atoms with E-state index in [9.17, 15) is 9.59 Å². The highest BCUT2D eigenvalue weighted by Gasteiger charge is 2.32. The second-order valence-corrected chi connectivity index (χ2v) is 7.14. The van der Waals surface area contributed by atoms with Crippen LogP contribution in [0, 0.1) is 26.7 Å². The van der Waals surface area contributed by atoms with E-state index in [1.165, 1.54) is 0 Å². The summed E-state index contributed by atoms with van der Waals surface area (Å²) < 4.78 is 6.96. The van der Waals surface area contributed by atoms with Gasteiger partial charge >= 0.3 is 5.97 Å². The van der Waals surface area contributed by atoms with Crippen molar-refractivity contribution in [3.63, 3.8) is 0 Å². The van der Waals surface area contributed by atoms with Gasteiger partial charge in [0.15, 0.2) is 0 Å². The number of hydrogen-bond donors (Lipinski definition) is 0. The molecule has 0 bridgehead atoms. The van der Waals surface area contributed by atoms with Gasteiger partial charge in [0.2, 0.25) is 0 Å². The van der Waals surface area contributed by atoms with Crippen molar-refractivity contribution in [2.45, 2.75) is 40.5 Å². The summed E-state index contributed by atoms with van der Waals surface area (Å²) >= 11 is 0. The topological polar surface area (TPSA) is 64.4 Å². The van der Waals surface area contributed by atoms with E-state index in [0.29, 0.717) is 31.0 Å². The minimum Gasteiger partial charge on any atom is -0.466 e. The molecule has 0 spiro atoms. The van der Waals surface area contributed by atoms with E-state index in [1.807, 2.05) is 49.7 Å². The fourth-order valence-corrected chi connectivity index (χ4v) is 3.74. The molecule has 27 heavy (non-hydrogen) atoms. The van der Waals surface area contributed by atoms with Crippen LogP contribution in [0.15, 0.2) is 24.3 Å². The van der Waals surface area contributed by atoms with Crippen molar-refractivity contribution in [2.24, 2.45) is 5.92 Å². The predicted molar refractivity (Wildman–Crippen MR) is 103 cm³/mol. The molecule has 3 rings (SSSR count). The van der Waals surface area contributed by atoms with Gasteiger partial charge in [-0.15, -0.1) is 0 Å². The molecular formula is C21H27N3O3. The van der Waals surface area contributed by atoms with Gasteiger partial charge in [-0.05, 0) is 58.2 Å². The third-order valence-electron chi connectivity index (χ3n) is 5.08. The van der Waals surface area contributed by atoms with Gasteiger partial charge in [0, 0.05) is 13.1 Å². The molecule has 0 N–H and O–H groups in total. The number of benzene rings is 1. The number of aryl methyl sites for hydroxylation is 2. The van der Waals surface area contributed by atoms with Crippen molar-refractivity contribution in [1.29, 1.82) is 0 Å². The minimum atomic E-state index is -0.241. The second-order valence-electron chi connectivity index (χ2n) is 7.14. The van der Waals surface area contributed by atoms with Crippen LogP contribution in [0.5, 0.6) is 0 Å². The van der Waals surface area contributed by atoms with Gasteiger partial charge in [-0.1, -0.05) is 12.1 Å². The maximum absolute atomic E-state index is 13.2. The van der Waals surface area contributed by atoms with E-state index in [0.717, 1.165) is 29.8 Å². The Morgan fingerprint density at radius 2 is 2.04 bits per heavy atom. The van der Waals surface area contributed by atoms with E-state index >= 15 is 0 Å².